The van der Waals surface area contributed by atoms with Crippen molar-refractivity contribution in [2.45, 2.75) is 45.8 Å². The van der Waals surface area contributed by atoms with Crippen molar-refractivity contribution in [2.75, 3.05) is 13.7 Å². The second kappa shape index (κ2) is 7.18. The summed E-state index contributed by atoms with van der Waals surface area (Å²) in [5.41, 5.74) is -0.107. The zero-order valence-corrected chi connectivity index (χ0v) is 15.6. The third-order valence-corrected chi connectivity index (χ3v) is 4.81. The molecule has 1 fully saturated rings. The summed E-state index contributed by atoms with van der Waals surface area (Å²) in [5, 5.41) is 0. The Kier molecular flexibility index (Phi) is 5.59. The number of hydrogen-bond donors (Lipinski definition) is 0. The van der Waals surface area contributed by atoms with Gasteiger partial charge < -0.3 is 18.8 Å². The van der Waals surface area contributed by atoms with Crippen LogP contribution < -0.4 is 10.2 Å². The highest BCUT2D eigenvalue weighted by Gasteiger charge is 2.53. The Balaban J connectivity index is 2.31. The summed E-state index contributed by atoms with van der Waals surface area (Å²) < 4.78 is 22.6. The van der Waals surface area contributed by atoms with Gasteiger partial charge in [0.2, 0.25) is 0 Å². The standard InChI is InChI=1S/C18H25BO6/c1-12(16(21)22-6)11-23-14-9-7-8-13(10-20)15(14)19-24-17(2,3)18(4,5)25-19/h7-10,12H,11H2,1-6H3/t12-/m0/s1. The second-order valence-corrected chi connectivity index (χ2v) is 7.20. The molecular formula is C18H25BO6. The summed E-state index contributed by atoms with van der Waals surface area (Å²) in [6.07, 6.45) is 0.747. The van der Waals surface area contributed by atoms with Crippen LogP contribution in [0.4, 0.5) is 0 Å². The van der Waals surface area contributed by atoms with E-state index in [-0.39, 0.29) is 12.6 Å². The first kappa shape index (κ1) is 19.5. The van der Waals surface area contributed by atoms with Gasteiger partial charge in [-0.2, -0.15) is 0 Å². The van der Waals surface area contributed by atoms with Gasteiger partial charge in [0.15, 0.2) is 0 Å². The molecule has 0 amide bonds. The molecule has 1 aromatic rings. The number of rotatable bonds is 6. The Hall–Kier alpha value is -1.86. The van der Waals surface area contributed by atoms with Crippen LogP contribution in [0.5, 0.6) is 5.75 Å². The molecule has 0 spiro atoms. The number of aldehydes is 1. The molecule has 0 radical (unpaired) electrons. The fourth-order valence-corrected chi connectivity index (χ4v) is 2.49. The number of carbonyl (C=O) groups is 2. The van der Waals surface area contributed by atoms with Crippen LogP contribution in [0, 0.1) is 5.92 Å². The van der Waals surface area contributed by atoms with E-state index in [2.05, 4.69) is 0 Å². The van der Waals surface area contributed by atoms with Crippen molar-refractivity contribution < 1.29 is 28.4 Å². The van der Waals surface area contributed by atoms with E-state index in [0.29, 0.717) is 16.8 Å². The number of methoxy groups -OCH3 is 1. The lowest BCUT2D eigenvalue weighted by atomic mass is 9.75. The molecule has 0 aliphatic carbocycles. The maximum atomic E-state index is 11.6. The first-order valence-corrected chi connectivity index (χ1v) is 8.27. The molecule has 1 heterocycles. The van der Waals surface area contributed by atoms with Crippen LogP contribution in [0.25, 0.3) is 0 Å². The molecule has 6 nitrogen and oxygen atoms in total. The minimum Gasteiger partial charge on any atom is -0.493 e. The van der Waals surface area contributed by atoms with Crippen molar-refractivity contribution in [2.24, 2.45) is 5.92 Å². The molecule has 1 atom stereocenters. The van der Waals surface area contributed by atoms with Gasteiger partial charge in [-0.25, -0.2) is 0 Å². The smallest absolute Gasteiger partial charge is 0.493 e. The maximum absolute atomic E-state index is 11.6. The molecule has 0 N–H and O–H groups in total. The van der Waals surface area contributed by atoms with E-state index in [4.69, 9.17) is 18.8 Å². The normalized spacial score (nSPS) is 19.4. The van der Waals surface area contributed by atoms with E-state index in [1.165, 1.54) is 7.11 Å². The third kappa shape index (κ3) is 3.88. The van der Waals surface area contributed by atoms with Crippen molar-refractivity contribution >= 4 is 24.8 Å². The van der Waals surface area contributed by atoms with E-state index in [0.717, 1.165) is 6.29 Å². The molecule has 0 bridgehead atoms. The molecule has 7 heteroatoms. The lowest BCUT2D eigenvalue weighted by Crippen LogP contribution is -2.41. The first-order valence-electron chi connectivity index (χ1n) is 8.27. The van der Waals surface area contributed by atoms with Gasteiger partial charge in [-0.05, 0) is 40.7 Å². The quantitative estimate of drug-likeness (QED) is 0.445. The van der Waals surface area contributed by atoms with Crippen LogP contribution >= 0.6 is 0 Å². The number of hydrogen-bond acceptors (Lipinski definition) is 6. The van der Waals surface area contributed by atoms with E-state index < -0.39 is 24.2 Å². The van der Waals surface area contributed by atoms with Gasteiger partial charge in [-0.1, -0.05) is 12.1 Å². The van der Waals surface area contributed by atoms with Crippen molar-refractivity contribution in [3.05, 3.63) is 23.8 Å². The number of carbonyl (C=O) groups excluding carboxylic acids is 2. The minimum absolute atomic E-state index is 0.126. The predicted octanol–water partition coefficient (Wildman–Crippen LogP) is 1.99. The highest BCUT2D eigenvalue weighted by atomic mass is 16.7. The average Bonchev–Trinajstić information content (AvgIpc) is 2.78. The fourth-order valence-electron chi connectivity index (χ4n) is 2.49. The molecule has 25 heavy (non-hydrogen) atoms. The van der Waals surface area contributed by atoms with E-state index >= 15 is 0 Å². The number of ether oxygens (including phenoxy) is 2. The molecule has 1 aromatic carbocycles. The van der Waals surface area contributed by atoms with Gasteiger partial charge in [0.25, 0.3) is 0 Å². The van der Waals surface area contributed by atoms with Gasteiger partial charge in [-0.3, -0.25) is 9.59 Å². The Morgan fingerprint density at radius 1 is 1.24 bits per heavy atom. The SMILES string of the molecule is COC(=O)[C@@H](C)COc1cccc(C=O)c1B1OC(C)(C)C(C)(C)O1. The fraction of sp³-hybridized carbons (Fsp3) is 0.556. The summed E-state index contributed by atoms with van der Waals surface area (Å²) >= 11 is 0. The zero-order valence-electron chi connectivity index (χ0n) is 15.6. The second-order valence-electron chi connectivity index (χ2n) is 7.20. The Bertz CT molecular complexity index is 639. The van der Waals surface area contributed by atoms with E-state index in [1.54, 1.807) is 25.1 Å². The summed E-state index contributed by atoms with van der Waals surface area (Å²) in [5.74, 6) is -0.335. The predicted molar refractivity (Wildman–Crippen MR) is 94.2 cm³/mol. The molecule has 0 saturated carbocycles. The molecule has 1 aliphatic rings. The number of esters is 1. The Labute approximate surface area is 148 Å². The van der Waals surface area contributed by atoms with Gasteiger partial charge in [0, 0.05) is 11.0 Å². The van der Waals surface area contributed by atoms with Gasteiger partial charge in [0.05, 0.1) is 24.2 Å². The highest BCUT2D eigenvalue weighted by Crippen LogP contribution is 2.37. The van der Waals surface area contributed by atoms with Crippen molar-refractivity contribution in [3.63, 3.8) is 0 Å². The zero-order chi connectivity index (χ0) is 18.8. The monoisotopic (exact) mass is 348 g/mol. The summed E-state index contributed by atoms with van der Waals surface area (Å²) in [6, 6.07) is 5.14. The molecule has 1 aliphatic heterocycles. The molecule has 136 valence electrons. The minimum atomic E-state index is -0.727. The van der Waals surface area contributed by atoms with Gasteiger partial charge in [-0.15, -0.1) is 0 Å². The van der Waals surface area contributed by atoms with Crippen LogP contribution in [0.2, 0.25) is 0 Å². The molecule has 2 rings (SSSR count). The molecular weight excluding hydrogens is 323 g/mol. The Morgan fingerprint density at radius 2 is 1.84 bits per heavy atom. The molecule has 1 saturated heterocycles. The third-order valence-electron chi connectivity index (χ3n) is 4.81. The first-order chi connectivity index (χ1) is 11.6. The summed E-state index contributed by atoms with van der Waals surface area (Å²) in [4.78, 5) is 23.1. The van der Waals surface area contributed by atoms with Crippen LogP contribution in [0.3, 0.4) is 0 Å². The average molecular weight is 348 g/mol. The lowest BCUT2D eigenvalue weighted by molar-refractivity contribution is -0.145. The van der Waals surface area contributed by atoms with E-state index in [9.17, 15) is 9.59 Å². The topological polar surface area (TPSA) is 71.1 Å². The maximum Gasteiger partial charge on any atom is 0.499 e. The molecule has 0 unspecified atom stereocenters. The highest BCUT2D eigenvalue weighted by molar-refractivity contribution is 6.64. The van der Waals surface area contributed by atoms with Crippen molar-refractivity contribution in [1.82, 2.24) is 0 Å². The van der Waals surface area contributed by atoms with Crippen LogP contribution in [0.15, 0.2) is 18.2 Å². The number of benzene rings is 1. The van der Waals surface area contributed by atoms with Crippen LogP contribution in [0.1, 0.15) is 45.0 Å². The van der Waals surface area contributed by atoms with Crippen LogP contribution in [-0.2, 0) is 18.8 Å². The van der Waals surface area contributed by atoms with Crippen molar-refractivity contribution in [3.8, 4) is 5.75 Å². The summed E-state index contributed by atoms with van der Waals surface area (Å²) in [7, 11) is 0.608. The van der Waals surface area contributed by atoms with E-state index in [1.807, 2.05) is 27.7 Å². The Morgan fingerprint density at radius 3 is 2.36 bits per heavy atom. The van der Waals surface area contributed by atoms with Crippen molar-refractivity contribution in [1.29, 1.82) is 0 Å². The summed E-state index contributed by atoms with van der Waals surface area (Å²) in [6.45, 7) is 9.60. The molecule has 0 aromatic heterocycles. The van der Waals surface area contributed by atoms with Gasteiger partial charge >= 0.3 is 13.1 Å². The largest absolute Gasteiger partial charge is 0.499 e. The van der Waals surface area contributed by atoms with Crippen LogP contribution in [-0.4, -0.2) is 44.3 Å². The lowest BCUT2D eigenvalue weighted by Gasteiger charge is -2.32. The van der Waals surface area contributed by atoms with Gasteiger partial charge in [0.1, 0.15) is 18.6 Å².